The van der Waals surface area contributed by atoms with Crippen molar-refractivity contribution in [3.8, 4) is 5.69 Å². The molecular formula is C21H22FN7O. The lowest BCUT2D eigenvalue weighted by Gasteiger charge is -2.53. The molecule has 0 bridgehead atoms. The number of rotatable bonds is 3. The van der Waals surface area contributed by atoms with Gasteiger partial charge in [0, 0.05) is 36.9 Å². The second kappa shape index (κ2) is 7.16. The zero-order valence-electron chi connectivity index (χ0n) is 16.9. The molecule has 9 heteroatoms. The molecule has 0 saturated carbocycles. The van der Waals surface area contributed by atoms with Crippen LogP contribution in [-0.4, -0.2) is 61.4 Å². The highest BCUT2D eigenvalue weighted by atomic mass is 19.1. The van der Waals surface area contributed by atoms with Crippen LogP contribution in [0.5, 0.6) is 0 Å². The van der Waals surface area contributed by atoms with E-state index in [0.717, 1.165) is 29.1 Å². The van der Waals surface area contributed by atoms with Crippen molar-refractivity contribution in [3.05, 3.63) is 59.4 Å². The summed E-state index contributed by atoms with van der Waals surface area (Å²) < 4.78 is 14.6. The van der Waals surface area contributed by atoms with E-state index in [1.165, 1.54) is 18.5 Å². The topological polar surface area (TPSA) is 80.0 Å². The standard InChI is InChI=1S/C21H22FN7O/c1-13-10-14(2)26-21(25-13)27-9-6-15-11-28(18(15)12-27)20(30)16-4-3-5-17(22)19(16)29-23-7-8-24-29/h3-5,7-8,10,15,18H,6,9,11-12H2,1-2H3/t15-,18-/m1/s1. The van der Waals surface area contributed by atoms with E-state index in [4.69, 9.17) is 0 Å². The Labute approximate surface area is 173 Å². The fourth-order valence-electron chi connectivity index (χ4n) is 4.44. The Morgan fingerprint density at radius 1 is 1.10 bits per heavy atom. The predicted octanol–water partition coefficient (Wildman–Crippen LogP) is 2.16. The monoisotopic (exact) mass is 407 g/mol. The third kappa shape index (κ3) is 3.10. The molecule has 0 N–H and O–H groups in total. The van der Waals surface area contributed by atoms with E-state index in [0.29, 0.717) is 25.0 Å². The van der Waals surface area contributed by atoms with E-state index in [-0.39, 0.29) is 23.2 Å². The summed E-state index contributed by atoms with van der Waals surface area (Å²) >= 11 is 0. The fraction of sp³-hybridized carbons (Fsp3) is 0.381. The van der Waals surface area contributed by atoms with E-state index in [9.17, 15) is 9.18 Å². The van der Waals surface area contributed by atoms with Crippen molar-refractivity contribution >= 4 is 11.9 Å². The molecule has 0 radical (unpaired) electrons. The summed E-state index contributed by atoms with van der Waals surface area (Å²) in [6, 6.07) is 6.49. The Hall–Kier alpha value is -3.36. The molecule has 3 aromatic rings. The summed E-state index contributed by atoms with van der Waals surface area (Å²) in [5.41, 5.74) is 2.21. The van der Waals surface area contributed by atoms with Crippen LogP contribution in [0.2, 0.25) is 0 Å². The molecule has 2 aliphatic rings. The largest absolute Gasteiger partial charge is 0.339 e. The minimum absolute atomic E-state index is 0.0531. The third-order valence-corrected chi connectivity index (χ3v) is 5.90. The van der Waals surface area contributed by atoms with Crippen molar-refractivity contribution in [2.45, 2.75) is 26.3 Å². The number of likely N-dealkylation sites (tertiary alicyclic amines) is 1. The highest BCUT2D eigenvalue weighted by Gasteiger charge is 2.46. The Kier molecular flexibility index (Phi) is 4.45. The maximum atomic E-state index is 14.6. The second-order valence-corrected chi connectivity index (χ2v) is 7.92. The molecule has 30 heavy (non-hydrogen) atoms. The van der Waals surface area contributed by atoms with Crippen LogP contribution in [0.1, 0.15) is 28.2 Å². The van der Waals surface area contributed by atoms with Crippen LogP contribution in [0.3, 0.4) is 0 Å². The van der Waals surface area contributed by atoms with Gasteiger partial charge < -0.3 is 9.80 Å². The van der Waals surface area contributed by atoms with Gasteiger partial charge in [0.05, 0.1) is 24.0 Å². The van der Waals surface area contributed by atoms with Gasteiger partial charge in [0.25, 0.3) is 5.91 Å². The number of hydrogen-bond acceptors (Lipinski definition) is 6. The number of nitrogens with zero attached hydrogens (tertiary/aromatic N) is 7. The Balaban J connectivity index is 1.41. The van der Waals surface area contributed by atoms with Gasteiger partial charge in [0.1, 0.15) is 5.69 Å². The Bertz CT molecular complexity index is 1080. The molecule has 0 unspecified atom stereocenters. The number of fused-ring (bicyclic) bond motifs is 1. The second-order valence-electron chi connectivity index (χ2n) is 7.92. The van der Waals surface area contributed by atoms with Crippen LogP contribution >= 0.6 is 0 Å². The molecule has 5 rings (SSSR count). The van der Waals surface area contributed by atoms with Crippen LogP contribution in [0.15, 0.2) is 36.7 Å². The Morgan fingerprint density at radius 3 is 2.57 bits per heavy atom. The quantitative estimate of drug-likeness (QED) is 0.662. The molecule has 2 fully saturated rings. The number of carbonyl (C=O) groups excluding carboxylic acids is 1. The highest BCUT2D eigenvalue weighted by molar-refractivity contribution is 5.98. The molecule has 4 heterocycles. The van der Waals surface area contributed by atoms with E-state index < -0.39 is 5.82 Å². The third-order valence-electron chi connectivity index (χ3n) is 5.90. The number of benzene rings is 1. The van der Waals surface area contributed by atoms with Crippen molar-refractivity contribution < 1.29 is 9.18 Å². The van der Waals surface area contributed by atoms with E-state index in [2.05, 4.69) is 25.1 Å². The molecule has 2 aliphatic heterocycles. The summed E-state index contributed by atoms with van der Waals surface area (Å²) in [6.07, 6.45) is 3.90. The summed E-state index contributed by atoms with van der Waals surface area (Å²) in [5.74, 6) is 0.419. The number of halogens is 1. The maximum Gasteiger partial charge on any atom is 0.256 e. The molecule has 2 saturated heterocycles. The van der Waals surface area contributed by atoms with Crippen LogP contribution < -0.4 is 4.90 Å². The minimum Gasteiger partial charge on any atom is -0.339 e. The molecule has 1 aromatic carbocycles. The lowest BCUT2D eigenvalue weighted by Crippen LogP contribution is -2.66. The first-order valence-corrected chi connectivity index (χ1v) is 10.0. The van der Waals surface area contributed by atoms with Gasteiger partial charge in [0.2, 0.25) is 5.95 Å². The molecule has 154 valence electrons. The normalized spacial score (nSPS) is 20.6. The zero-order valence-corrected chi connectivity index (χ0v) is 16.9. The number of para-hydroxylation sites is 1. The van der Waals surface area contributed by atoms with Gasteiger partial charge in [-0.2, -0.15) is 10.2 Å². The van der Waals surface area contributed by atoms with Crippen LogP contribution in [0.4, 0.5) is 10.3 Å². The lowest BCUT2D eigenvalue weighted by atomic mass is 9.81. The van der Waals surface area contributed by atoms with Gasteiger partial charge in [-0.15, -0.1) is 4.80 Å². The van der Waals surface area contributed by atoms with Gasteiger partial charge in [-0.1, -0.05) is 6.07 Å². The number of aryl methyl sites for hydroxylation is 2. The first-order valence-electron chi connectivity index (χ1n) is 10.0. The van der Waals surface area contributed by atoms with E-state index in [1.807, 2.05) is 24.8 Å². The number of carbonyl (C=O) groups is 1. The van der Waals surface area contributed by atoms with Crippen molar-refractivity contribution in [3.63, 3.8) is 0 Å². The molecule has 0 spiro atoms. The number of hydrogen-bond donors (Lipinski definition) is 0. The molecular weight excluding hydrogens is 385 g/mol. The molecule has 0 aliphatic carbocycles. The fourth-order valence-corrected chi connectivity index (χ4v) is 4.44. The molecule has 8 nitrogen and oxygen atoms in total. The summed E-state index contributed by atoms with van der Waals surface area (Å²) in [6.45, 7) is 6.13. The maximum absolute atomic E-state index is 14.6. The number of anilines is 1. The summed E-state index contributed by atoms with van der Waals surface area (Å²) in [7, 11) is 0. The van der Waals surface area contributed by atoms with Gasteiger partial charge in [-0.05, 0) is 38.5 Å². The average Bonchev–Trinajstić information content (AvgIpc) is 3.22. The van der Waals surface area contributed by atoms with Crippen molar-refractivity contribution in [2.24, 2.45) is 5.92 Å². The summed E-state index contributed by atoms with van der Waals surface area (Å²) in [4.78, 5) is 27.6. The van der Waals surface area contributed by atoms with Crippen LogP contribution in [-0.2, 0) is 0 Å². The first-order chi connectivity index (χ1) is 14.5. The van der Waals surface area contributed by atoms with Crippen molar-refractivity contribution in [1.82, 2.24) is 29.9 Å². The lowest BCUT2D eigenvalue weighted by molar-refractivity contribution is 0.00762. The molecule has 1 amide bonds. The van der Waals surface area contributed by atoms with Gasteiger partial charge >= 0.3 is 0 Å². The Morgan fingerprint density at radius 2 is 1.83 bits per heavy atom. The zero-order chi connectivity index (χ0) is 20.8. The van der Waals surface area contributed by atoms with Gasteiger partial charge in [0.15, 0.2) is 5.82 Å². The number of aromatic nitrogens is 5. The average molecular weight is 407 g/mol. The summed E-state index contributed by atoms with van der Waals surface area (Å²) in [5, 5.41) is 8.03. The van der Waals surface area contributed by atoms with Crippen LogP contribution in [0, 0.1) is 25.6 Å². The van der Waals surface area contributed by atoms with Gasteiger partial charge in [-0.25, -0.2) is 14.4 Å². The molecule has 2 aromatic heterocycles. The van der Waals surface area contributed by atoms with Crippen molar-refractivity contribution in [2.75, 3.05) is 24.5 Å². The van der Waals surface area contributed by atoms with Crippen molar-refractivity contribution in [1.29, 1.82) is 0 Å². The predicted molar refractivity (Wildman–Crippen MR) is 108 cm³/mol. The minimum atomic E-state index is -0.525. The smallest absolute Gasteiger partial charge is 0.256 e. The van der Waals surface area contributed by atoms with Gasteiger partial charge in [-0.3, -0.25) is 4.79 Å². The number of amides is 1. The highest BCUT2D eigenvalue weighted by Crippen LogP contribution is 2.35. The van der Waals surface area contributed by atoms with E-state index in [1.54, 1.807) is 12.1 Å². The molecule has 2 atom stereocenters. The SMILES string of the molecule is Cc1cc(C)nc(N2CC[C@@H]3CN(C(=O)c4cccc(F)c4-n4nccn4)[C@@H]3C2)n1. The van der Waals surface area contributed by atoms with Crippen LogP contribution in [0.25, 0.3) is 5.69 Å². The first kappa shape index (κ1) is 18.7. The van der Waals surface area contributed by atoms with E-state index >= 15 is 0 Å². The number of piperidine rings is 1.